The molecule has 0 atom stereocenters. The Morgan fingerprint density at radius 3 is 2.47 bits per heavy atom. The molecule has 1 aliphatic heterocycles. The number of aromatic hydroxyl groups is 2. The van der Waals surface area contributed by atoms with E-state index in [9.17, 15) is 10.2 Å². The van der Waals surface area contributed by atoms with E-state index in [-0.39, 0.29) is 0 Å². The molecule has 3 heteroatoms. The van der Waals surface area contributed by atoms with Crippen LogP contribution >= 0.6 is 0 Å². The van der Waals surface area contributed by atoms with E-state index in [2.05, 4.69) is 4.90 Å². The third-order valence-electron chi connectivity index (χ3n) is 3.72. The maximum absolute atomic E-state index is 9.50. The number of fused-ring (bicyclic) bond motifs is 1. The third kappa shape index (κ3) is 2.24. The molecular formula is C16H17NO2. The van der Waals surface area contributed by atoms with E-state index in [1.165, 1.54) is 11.1 Å². The molecule has 0 spiro atoms. The van der Waals surface area contributed by atoms with Gasteiger partial charge in [-0.05, 0) is 60.4 Å². The van der Waals surface area contributed by atoms with Crippen molar-refractivity contribution in [1.82, 2.24) is 0 Å². The topological polar surface area (TPSA) is 43.7 Å². The molecule has 2 N–H and O–H groups in total. The summed E-state index contributed by atoms with van der Waals surface area (Å²) in [5.41, 5.74) is 4.74. The van der Waals surface area contributed by atoms with Gasteiger partial charge in [0.25, 0.3) is 0 Å². The van der Waals surface area contributed by atoms with E-state index in [0.717, 1.165) is 30.8 Å². The van der Waals surface area contributed by atoms with Crippen molar-refractivity contribution in [3.05, 3.63) is 53.1 Å². The number of anilines is 1. The maximum Gasteiger partial charge on any atom is 0.115 e. The van der Waals surface area contributed by atoms with Gasteiger partial charge in [-0.2, -0.15) is 0 Å². The maximum atomic E-state index is 9.50. The summed E-state index contributed by atoms with van der Waals surface area (Å²) in [5.74, 6) is 0.650. The molecule has 1 aliphatic rings. The Morgan fingerprint density at radius 2 is 1.68 bits per heavy atom. The highest BCUT2D eigenvalue weighted by molar-refractivity contribution is 5.57. The summed E-state index contributed by atoms with van der Waals surface area (Å²) in [6, 6.07) is 11.1. The molecule has 0 amide bonds. The highest BCUT2D eigenvalue weighted by atomic mass is 16.3. The van der Waals surface area contributed by atoms with Gasteiger partial charge in [-0.15, -0.1) is 0 Å². The van der Waals surface area contributed by atoms with Crippen molar-refractivity contribution >= 4 is 5.69 Å². The fourth-order valence-corrected chi connectivity index (χ4v) is 2.74. The molecule has 0 aromatic heterocycles. The Bertz CT molecular complexity index is 622. The standard InChI is InChI=1S/C16H17NO2/c1-11-8-14(18)4-5-16(11)17-7-6-12-9-15(19)3-2-13(12)10-17/h2-5,8-9,18-19H,6-7,10H2,1H3. The van der Waals surface area contributed by atoms with Crippen LogP contribution in [-0.2, 0) is 13.0 Å². The van der Waals surface area contributed by atoms with Gasteiger partial charge in [0, 0.05) is 18.8 Å². The van der Waals surface area contributed by atoms with Gasteiger partial charge in [-0.3, -0.25) is 0 Å². The Labute approximate surface area is 112 Å². The van der Waals surface area contributed by atoms with E-state index in [0.29, 0.717) is 11.5 Å². The molecule has 98 valence electrons. The Morgan fingerprint density at radius 1 is 0.947 bits per heavy atom. The first-order valence-electron chi connectivity index (χ1n) is 6.49. The van der Waals surface area contributed by atoms with E-state index in [1.807, 2.05) is 25.1 Å². The third-order valence-corrected chi connectivity index (χ3v) is 3.72. The molecule has 3 rings (SSSR count). The number of hydrogen-bond donors (Lipinski definition) is 2. The van der Waals surface area contributed by atoms with Crippen LogP contribution in [0, 0.1) is 6.92 Å². The molecule has 0 radical (unpaired) electrons. The van der Waals surface area contributed by atoms with Crippen LogP contribution < -0.4 is 4.90 Å². The summed E-state index contributed by atoms with van der Waals surface area (Å²) >= 11 is 0. The molecule has 2 aromatic rings. The minimum absolute atomic E-state index is 0.309. The van der Waals surface area contributed by atoms with E-state index in [4.69, 9.17) is 0 Å². The Kier molecular flexibility index (Phi) is 2.82. The first-order valence-corrected chi connectivity index (χ1v) is 6.49. The first-order chi connectivity index (χ1) is 9.13. The lowest BCUT2D eigenvalue weighted by molar-refractivity contribution is 0.473. The number of rotatable bonds is 1. The van der Waals surface area contributed by atoms with Crippen LogP contribution in [0.15, 0.2) is 36.4 Å². The molecule has 0 saturated carbocycles. The largest absolute Gasteiger partial charge is 0.508 e. The molecule has 0 fully saturated rings. The average Bonchev–Trinajstić information content (AvgIpc) is 2.38. The van der Waals surface area contributed by atoms with Gasteiger partial charge in [-0.1, -0.05) is 6.07 Å². The number of aryl methyl sites for hydroxylation is 1. The van der Waals surface area contributed by atoms with E-state index < -0.39 is 0 Å². The van der Waals surface area contributed by atoms with Gasteiger partial charge in [0.15, 0.2) is 0 Å². The highest BCUT2D eigenvalue weighted by Gasteiger charge is 2.18. The molecule has 0 aliphatic carbocycles. The molecule has 3 nitrogen and oxygen atoms in total. The lowest BCUT2D eigenvalue weighted by Crippen LogP contribution is -2.30. The van der Waals surface area contributed by atoms with Crippen molar-refractivity contribution in [3.63, 3.8) is 0 Å². The van der Waals surface area contributed by atoms with Crippen LogP contribution in [0.5, 0.6) is 11.5 Å². The lowest BCUT2D eigenvalue weighted by Gasteiger charge is -2.32. The van der Waals surface area contributed by atoms with Crippen LogP contribution in [-0.4, -0.2) is 16.8 Å². The first kappa shape index (κ1) is 11.9. The highest BCUT2D eigenvalue weighted by Crippen LogP contribution is 2.30. The lowest BCUT2D eigenvalue weighted by atomic mass is 9.98. The summed E-state index contributed by atoms with van der Waals surface area (Å²) in [6.45, 7) is 3.80. The van der Waals surface area contributed by atoms with E-state index in [1.54, 1.807) is 18.2 Å². The molecule has 0 unspecified atom stereocenters. The van der Waals surface area contributed by atoms with Gasteiger partial charge in [-0.25, -0.2) is 0 Å². The van der Waals surface area contributed by atoms with Gasteiger partial charge >= 0.3 is 0 Å². The zero-order chi connectivity index (χ0) is 13.4. The Hall–Kier alpha value is -2.16. The molecule has 0 saturated heterocycles. The smallest absolute Gasteiger partial charge is 0.115 e. The number of nitrogens with zero attached hydrogens (tertiary/aromatic N) is 1. The summed E-state index contributed by atoms with van der Waals surface area (Å²) in [7, 11) is 0. The van der Waals surface area contributed by atoms with Crippen LogP contribution in [0.25, 0.3) is 0 Å². The summed E-state index contributed by atoms with van der Waals surface area (Å²) in [4.78, 5) is 2.31. The molecular weight excluding hydrogens is 238 g/mol. The van der Waals surface area contributed by atoms with Gasteiger partial charge in [0.05, 0.1) is 0 Å². The molecule has 1 heterocycles. The zero-order valence-corrected chi connectivity index (χ0v) is 10.9. The Balaban J connectivity index is 1.91. The quantitative estimate of drug-likeness (QED) is 0.823. The zero-order valence-electron chi connectivity index (χ0n) is 10.9. The molecule has 0 bridgehead atoms. The van der Waals surface area contributed by atoms with Crippen LogP contribution in [0.2, 0.25) is 0 Å². The number of phenolic OH excluding ortho intramolecular Hbond substituents is 2. The van der Waals surface area contributed by atoms with Crippen molar-refractivity contribution in [2.24, 2.45) is 0 Å². The van der Waals surface area contributed by atoms with Gasteiger partial charge in [0.2, 0.25) is 0 Å². The summed E-state index contributed by atoms with van der Waals surface area (Å²) in [5, 5.41) is 19.0. The minimum Gasteiger partial charge on any atom is -0.508 e. The second-order valence-electron chi connectivity index (χ2n) is 5.10. The van der Waals surface area contributed by atoms with Crippen LogP contribution in [0.1, 0.15) is 16.7 Å². The summed E-state index contributed by atoms with van der Waals surface area (Å²) < 4.78 is 0. The van der Waals surface area contributed by atoms with E-state index >= 15 is 0 Å². The fourth-order valence-electron chi connectivity index (χ4n) is 2.74. The van der Waals surface area contributed by atoms with Crippen molar-refractivity contribution in [3.8, 4) is 11.5 Å². The monoisotopic (exact) mass is 255 g/mol. The molecule has 19 heavy (non-hydrogen) atoms. The fraction of sp³-hybridized carbons (Fsp3) is 0.250. The predicted molar refractivity (Wildman–Crippen MR) is 75.7 cm³/mol. The van der Waals surface area contributed by atoms with Crippen molar-refractivity contribution < 1.29 is 10.2 Å². The number of hydrogen-bond acceptors (Lipinski definition) is 3. The van der Waals surface area contributed by atoms with Crippen molar-refractivity contribution in [1.29, 1.82) is 0 Å². The second kappa shape index (κ2) is 4.50. The number of phenols is 2. The van der Waals surface area contributed by atoms with Crippen LogP contribution in [0.3, 0.4) is 0 Å². The van der Waals surface area contributed by atoms with Gasteiger partial charge in [0.1, 0.15) is 11.5 Å². The predicted octanol–water partition coefficient (Wildman–Crippen LogP) is 2.97. The normalized spacial score (nSPS) is 14.3. The SMILES string of the molecule is Cc1cc(O)ccc1N1CCc2cc(O)ccc2C1. The minimum atomic E-state index is 0.309. The summed E-state index contributed by atoms with van der Waals surface area (Å²) in [6.07, 6.45) is 0.935. The average molecular weight is 255 g/mol. The van der Waals surface area contributed by atoms with Crippen molar-refractivity contribution in [2.75, 3.05) is 11.4 Å². The second-order valence-corrected chi connectivity index (χ2v) is 5.10. The van der Waals surface area contributed by atoms with Crippen molar-refractivity contribution in [2.45, 2.75) is 19.9 Å². The van der Waals surface area contributed by atoms with Crippen LogP contribution in [0.4, 0.5) is 5.69 Å². The number of benzene rings is 2. The molecule has 2 aromatic carbocycles. The van der Waals surface area contributed by atoms with Gasteiger partial charge < -0.3 is 15.1 Å².